The molecule has 0 spiro atoms. The average Bonchev–Trinajstić information content (AvgIpc) is 2.93. The molecule has 4 heteroatoms. The van der Waals surface area contributed by atoms with E-state index in [9.17, 15) is 0 Å². The summed E-state index contributed by atoms with van der Waals surface area (Å²) >= 11 is 0. The minimum absolute atomic E-state index is 0.0172. The second-order valence-corrected chi connectivity index (χ2v) is 17.5. The van der Waals surface area contributed by atoms with Gasteiger partial charge in [-0.1, -0.05) is 142 Å². The van der Waals surface area contributed by atoms with Crippen molar-refractivity contribution in [3.8, 4) is 0 Å². The summed E-state index contributed by atoms with van der Waals surface area (Å²) in [5.41, 5.74) is -0.286. The van der Waals surface area contributed by atoms with Gasteiger partial charge in [0.25, 0.3) is 8.32 Å². The summed E-state index contributed by atoms with van der Waals surface area (Å²) in [4.78, 5) is 0. The lowest BCUT2D eigenvalue weighted by molar-refractivity contribution is 0.110. The van der Waals surface area contributed by atoms with Gasteiger partial charge in [-0.15, -0.1) is 0 Å². The van der Waals surface area contributed by atoms with E-state index in [1.54, 1.807) is 0 Å². The summed E-state index contributed by atoms with van der Waals surface area (Å²) in [6.45, 7) is 12.1. The summed E-state index contributed by atoms with van der Waals surface area (Å²) in [6, 6.07) is 43.0. The molecular formula is C34H41O2PSi. The Morgan fingerprint density at radius 1 is 0.579 bits per heavy atom. The van der Waals surface area contributed by atoms with Gasteiger partial charge in [-0.25, -0.2) is 0 Å². The molecule has 4 aromatic rings. The Labute approximate surface area is 232 Å². The van der Waals surface area contributed by atoms with Crippen LogP contribution in [0.3, 0.4) is 0 Å². The van der Waals surface area contributed by atoms with Crippen molar-refractivity contribution in [2.24, 2.45) is 0 Å². The Kier molecular flexibility index (Phi) is 9.39. The highest BCUT2D eigenvalue weighted by molar-refractivity contribution is 7.68. The van der Waals surface area contributed by atoms with Gasteiger partial charge < -0.3 is 8.95 Å². The van der Waals surface area contributed by atoms with Gasteiger partial charge in [-0.05, 0) is 42.1 Å². The molecule has 0 bridgehead atoms. The molecule has 0 aliphatic rings. The van der Waals surface area contributed by atoms with E-state index < -0.39 is 16.5 Å². The van der Waals surface area contributed by atoms with Gasteiger partial charge in [0.15, 0.2) is 0 Å². The minimum atomic E-state index is -2.52. The molecule has 0 aliphatic carbocycles. The van der Waals surface area contributed by atoms with Gasteiger partial charge in [0.2, 0.25) is 0 Å². The fourth-order valence-corrected chi connectivity index (χ4v) is 11.7. The normalized spacial score (nSPS) is 12.6. The van der Waals surface area contributed by atoms with Crippen molar-refractivity contribution in [2.45, 2.75) is 58.1 Å². The van der Waals surface area contributed by atoms with Crippen LogP contribution in [0.2, 0.25) is 5.04 Å². The minimum Gasteiger partial charge on any atom is -0.407 e. The van der Waals surface area contributed by atoms with Crippen LogP contribution >= 0.6 is 8.15 Å². The maximum atomic E-state index is 7.12. The van der Waals surface area contributed by atoms with Crippen molar-refractivity contribution in [3.05, 3.63) is 121 Å². The first-order valence-electron chi connectivity index (χ1n) is 13.6. The van der Waals surface area contributed by atoms with Crippen molar-refractivity contribution in [2.75, 3.05) is 6.61 Å². The fourth-order valence-electron chi connectivity index (χ4n) is 5.16. The van der Waals surface area contributed by atoms with Crippen LogP contribution in [0.4, 0.5) is 0 Å². The van der Waals surface area contributed by atoms with Crippen LogP contribution in [0.15, 0.2) is 121 Å². The van der Waals surface area contributed by atoms with E-state index in [1.165, 1.54) is 21.0 Å². The zero-order valence-corrected chi connectivity index (χ0v) is 25.3. The van der Waals surface area contributed by atoms with Crippen LogP contribution < -0.4 is 21.0 Å². The van der Waals surface area contributed by atoms with E-state index in [0.717, 1.165) is 12.8 Å². The van der Waals surface area contributed by atoms with E-state index in [1.807, 2.05) is 0 Å². The zero-order chi connectivity index (χ0) is 27.1. The molecule has 0 N–H and O–H groups in total. The van der Waals surface area contributed by atoms with Crippen LogP contribution in [-0.4, -0.2) is 20.5 Å². The first-order chi connectivity index (χ1) is 18.2. The van der Waals surface area contributed by atoms with Gasteiger partial charge >= 0.3 is 0 Å². The third-order valence-electron chi connectivity index (χ3n) is 6.98. The topological polar surface area (TPSA) is 18.5 Å². The molecule has 0 radical (unpaired) electrons. The maximum Gasteiger partial charge on any atom is 0.261 e. The lowest BCUT2D eigenvalue weighted by Gasteiger charge is -2.43. The van der Waals surface area contributed by atoms with Crippen LogP contribution in [0.5, 0.6) is 0 Å². The summed E-state index contributed by atoms with van der Waals surface area (Å²) in [5, 5.41) is 5.11. The van der Waals surface area contributed by atoms with E-state index in [0.29, 0.717) is 6.61 Å². The van der Waals surface area contributed by atoms with Crippen LogP contribution in [0.1, 0.15) is 47.5 Å². The van der Waals surface area contributed by atoms with Crippen molar-refractivity contribution >= 4 is 37.4 Å². The molecule has 0 aromatic heterocycles. The smallest absolute Gasteiger partial charge is 0.261 e. The second-order valence-electron chi connectivity index (χ2n) is 11.4. The van der Waals surface area contributed by atoms with Crippen molar-refractivity contribution in [1.29, 1.82) is 0 Å². The van der Waals surface area contributed by atoms with Crippen LogP contribution in [-0.2, 0) is 8.95 Å². The van der Waals surface area contributed by atoms with Gasteiger partial charge in [0, 0.05) is 17.2 Å². The number of rotatable bonds is 11. The SMILES string of the molecule is CC(C)(CCCO[Si](c1ccccc1)(c1ccccc1)C(C)(C)C)OP(c1ccccc1)c1ccccc1. The third-order valence-corrected chi connectivity index (χ3v) is 14.2. The predicted octanol–water partition coefficient (Wildman–Crippen LogP) is 7.19. The van der Waals surface area contributed by atoms with Crippen molar-refractivity contribution in [1.82, 2.24) is 0 Å². The standard InChI is InChI=1S/C34H41O2PSi/c1-33(2,3)38(31-23-14-8-15-24-31,32-25-16-9-17-26-32)35-28-18-27-34(4,5)36-37(29-19-10-6-11-20-29)30-21-12-7-13-22-30/h6-17,19-26H,18,27-28H2,1-5H3. The molecule has 0 unspecified atom stereocenters. The zero-order valence-electron chi connectivity index (χ0n) is 23.4. The van der Waals surface area contributed by atoms with Crippen LogP contribution in [0, 0.1) is 0 Å². The molecule has 0 aliphatic heterocycles. The van der Waals surface area contributed by atoms with Crippen molar-refractivity contribution < 1.29 is 8.95 Å². The molecule has 38 heavy (non-hydrogen) atoms. The fraction of sp³-hybridized carbons (Fsp3) is 0.294. The quantitative estimate of drug-likeness (QED) is 0.114. The second kappa shape index (κ2) is 12.5. The van der Waals surface area contributed by atoms with Gasteiger partial charge in [-0.2, -0.15) is 0 Å². The molecule has 0 amide bonds. The molecule has 198 valence electrons. The molecule has 0 saturated carbocycles. The summed E-state index contributed by atoms with van der Waals surface area (Å²) < 4.78 is 14.0. The maximum absolute atomic E-state index is 7.12. The summed E-state index contributed by atoms with van der Waals surface area (Å²) in [5.74, 6) is 0. The lowest BCUT2D eigenvalue weighted by atomic mass is 10.0. The molecule has 0 saturated heterocycles. The highest BCUT2D eigenvalue weighted by atomic mass is 31.1. The summed E-state index contributed by atoms with van der Waals surface area (Å²) in [7, 11) is -3.42. The van der Waals surface area contributed by atoms with Gasteiger partial charge in [0.05, 0.1) is 13.7 Å². The first kappa shape index (κ1) is 28.5. The Bertz CT molecular complexity index is 1160. The summed E-state index contributed by atoms with van der Waals surface area (Å²) in [6.07, 6.45) is 1.86. The third kappa shape index (κ3) is 6.71. The van der Waals surface area contributed by atoms with E-state index >= 15 is 0 Å². The van der Waals surface area contributed by atoms with Crippen molar-refractivity contribution in [3.63, 3.8) is 0 Å². The number of hydrogen-bond donors (Lipinski definition) is 0. The molecule has 4 aromatic carbocycles. The molecule has 0 atom stereocenters. The van der Waals surface area contributed by atoms with Gasteiger partial charge in [0.1, 0.15) is 0 Å². The highest BCUT2D eigenvalue weighted by Crippen LogP contribution is 2.42. The molecule has 4 rings (SSSR count). The highest BCUT2D eigenvalue weighted by Gasteiger charge is 2.50. The van der Waals surface area contributed by atoms with Crippen LogP contribution in [0.25, 0.3) is 0 Å². The molecule has 0 heterocycles. The molecule has 0 fully saturated rings. The number of hydrogen-bond acceptors (Lipinski definition) is 2. The van der Waals surface area contributed by atoms with E-state index in [-0.39, 0.29) is 10.6 Å². The Morgan fingerprint density at radius 3 is 1.37 bits per heavy atom. The Balaban J connectivity index is 1.52. The predicted molar refractivity (Wildman–Crippen MR) is 167 cm³/mol. The largest absolute Gasteiger partial charge is 0.407 e. The molecular weight excluding hydrogens is 499 g/mol. The lowest BCUT2D eigenvalue weighted by Crippen LogP contribution is -2.66. The Hall–Kier alpha value is -2.55. The average molecular weight is 541 g/mol. The first-order valence-corrected chi connectivity index (χ1v) is 16.7. The Morgan fingerprint density at radius 2 is 0.974 bits per heavy atom. The number of benzene rings is 4. The monoisotopic (exact) mass is 540 g/mol. The van der Waals surface area contributed by atoms with Gasteiger partial charge in [-0.3, -0.25) is 0 Å². The molecule has 2 nitrogen and oxygen atoms in total. The van der Waals surface area contributed by atoms with E-state index in [2.05, 4.69) is 156 Å². The van der Waals surface area contributed by atoms with E-state index in [4.69, 9.17) is 8.95 Å².